The fourth-order valence-electron chi connectivity index (χ4n) is 2.09. The Morgan fingerprint density at radius 3 is 2.81 bits per heavy atom. The van der Waals surface area contributed by atoms with Crippen molar-refractivity contribution in [1.82, 2.24) is 15.1 Å². The Bertz CT molecular complexity index is 622. The van der Waals surface area contributed by atoms with Crippen LogP contribution in [0.5, 0.6) is 0 Å². The number of H-pyrrole nitrogens is 1. The maximum absolute atomic E-state index is 12.6. The molecule has 0 saturated heterocycles. The summed E-state index contributed by atoms with van der Waals surface area (Å²) in [6.07, 6.45) is 1.76. The van der Waals surface area contributed by atoms with Gasteiger partial charge in [0.25, 0.3) is 5.91 Å². The number of nitrogens with two attached hydrogens (primary N) is 1. The van der Waals surface area contributed by atoms with Gasteiger partial charge in [-0.3, -0.25) is 9.89 Å². The first-order chi connectivity index (χ1) is 10.1. The molecule has 0 spiro atoms. The monoisotopic (exact) mass is 370 g/mol. The Kier molecular flexibility index (Phi) is 5.41. The van der Waals surface area contributed by atoms with Gasteiger partial charge >= 0.3 is 0 Å². The van der Waals surface area contributed by atoms with Gasteiger partial charge in [0.2, 0.25) is 0 Å². The summed E-state index contributed by atoms with van der Waals surface area (Å²) in [7, 11) is 0. The first-order valence-corrected chi connectivity index (χ1v) is 8.53. The fraction of sp³-hybridized carbons (Fsp3) is 0.429. The molecule has 2 rings (SSSR count). The summed E-state index contributed by atoms with van der Waals surface area (Å²) in [5, 5.41) is 6.98. The minimum Gasteiger partial charge on any atom is -0.395 e. The third kappa shape index (κ3) is 3.65. The van der Waals surface area contributed by atoms with Crippen LogP contribution in [0.4, 0.5) is 5.69 Å². The zero-order valence-corrected chi connectivity index (χ0v) is 14.6. The van der Waals surface area contributed by atoms with Gasteiger partial charge in [-0.15, -0.1) is 11.3 Å². The molecule has 0 atom stereocenters. The van der Waals surface area contributed by atoms with Crippen LogP contribution in [0.2, 0.25) is 0 Å². The summed E-state index contributed by atoms with van der Waals surface area (Å²) in [5.74, 6) is -0.127. The van der Waals surface area contributed by atoms with E-state index in [0.29, 0.717) is 24.5 Å². The van der Waals surface area contributed by atoms with Crippen molar-refractivity contribution in [3.8, 4) is 0 Å². The molecule has 0 aromatic carbocycles. The number of aryl methyl sites for hydroxylation is 1. The third-order valence-corrected chi connectivity index (χ3v) is 4.84. The lowest BCUT2D eigenvalue weighted by molar-refractivity contribution is 0.0749. The van der Waals surface area contributed by atoms with E-state index in [9.17, 15) is 4.79 Å². The van der Waals surface area contributed by atoms with Gasteiger partial charge in [-0.25, -0.2) is 0 Å². The first kappa shape index (κ1) is 16.0. The van der Waals surface area contributed by atoms with Crippen molar-refractivity contribution in [1.29, 1.82) is 0 Å². The average molecular weight is 371 g/mol. The van der Waals surface area contributed by atoms with Crippen LogP contribution in [0.3, 0.4) is 0 Å². The standard InChI is InChI=1S/C14H19BrN4OS/c1-3-5-10-12(16)13(18-17-10)14(20)19(4-2)8-9-6-7-11(15)21-9/h6-7H,3-5,8,16H2,1-2H3,(H,17,18). The zero-order valence-electron chi connectivity index (χ0n) is 12.1. The van der Waals surface area contributed by atoms with Crippen molar-refractivity contribution in [3.63, 3.8) is 0 Å². The number of halogens is 1. The van der Waals surface area contributed by atoms with Gasteiger partial charge in [0.1, 0.15) is 0 Å². The summed E-state index contributed by atoms with van der Waals surface area (Å²) < 4.78 is 1.06. The van der Waals surface area contributed by atoms with E-state index in [-0.39, 0.29) is 5.91 Å². The molecule has 0 unspecified atom stereocenters. The highest BCUT2D eigenvalue weighted by Gasteiger charge is 2.22. The van der Waals surface area contributed by atoms with Crippen LogP contribution < -0.4 is 5.73 Å². The number of aromatic nitrogens is 2. The van der Waals surface area contributed by atoms with Gasteiger partial charge in [-0.05, 0) is 41.4 Å². The molecule has 5 nitrogen and oxygen atoms in total. The van der Waals surface area contributed by atoms with Crippen LogP contribution in [0.25, 0.3) is 0 Å². The second-order valence-corrected chi connectivity index (χ2v) is 7.29. The summed E-state index contributed by atoms with van der Waals surface area (Å²) in [6, 6.07) is 4.00. The summed E-state index contributed by atoms with van der Waals surface area (Å²) in [4.78, 5) is 15.5. The number of hydrogen-bond donors (Lipinski definition) is 2. The lowest BCUT2D eigenvalue weighted by atomic mass is 10.2. The number of nitrogen functional groups attached to an aromatic ring is 1. The van der Waals surface area contributed by atoms with E-state index in [4.69, 9.17) is 5.73 Å². The van der Waals surface area contributed by atoms with E-state index in [1.165, 1.54) is 0 Å². The van der Waals surface area contributed by atoms with E-state index < -0.39 is 0 Å². The SMILES string of the molecule is CCCc1[nH]nc(C(=O)N(CC)Cc2ccc(Br)s2)c1N. The normalized spacial score (nSPS) is 10.8. The molecule has 3 N–H and O–H groups in total. The number of thiophene rings is 1. The summed E-state index contributed by atoms with van der Waals surface area (Å²) in [5.41, 5.74) is 7.69. The van der Waals surface area contributed by atoms with Crippen LogP contribution >= 0.6 is 27.3 Å². The van der Waals surface area contributed by atoms with E-state index in [0.717, 1.165) is 27.2 Å². The smallest absolute Gasteiger partial charge is 0.276 e. The van der Waals surface area contributed by atoms with E-state index in [1.54, 1.807) is 16.2 Å². The third-order valence-electron chi connectivity index (χ3n) is 3.23. The predicted octanol–water partition coefficient (Wildman–Crippen LogP) is 3.43. The minimum absolute atomic E-state index is 0.127. The van der Waals surface area contributed by atoms with Crippen LogP contribution in [0, 0.1) is 0 Å². The molecule has 0 aliphatic heterocycles. The summed E-state index contributed by atoms with van der Waals surface area (Å²) >= 11 is 5.06. The maximum Gasteiger partial charge on any atom is 0.276 e. The number of nitrogens with zero attached hydrogens (tertiary/aromatic N) is 2. The Hall–Kier alpha value is -1.34. The van der Waals surface area contributed by atoms with Crippen molar-refractivity contribution in [2.24, 2.45) is 0 Å². The van der Waals surface area contributed by atoms with Crippen LogP contribution in [-0.2, 0) is 13.0 Å². The molecule has 114 valence electrons. The Balaban J connectivity index is 2.16. The molecule has 0 radical (unpaired) electrons. The number of rotatable bonds is 6. The largest absolute Gasteiger partial charge is 0.395 e. The molecule has 0 saturated carbocycles. The van der Waals surface area contributed by atoms with Crippen molar-refractivity contribution in [2.75, 3.05) is 12.3 Å². The Morgan fingerprint density at radius 1 is 1.48 bits per heavy atom. The van der Waals surface area contributed by atoms with Crippen molar-refractivity contribution in [2.45, 2.75) is 33.2 Å². The average Bonchev–Trinajstić information content (AvgIpc) is 3.03. The summed E-state index contributed by atoms with van der Waals surface area (Å²) in [6.45, 7) is 5.20. The van der Waals surface area contributed by atoms with Crippen LogP contribution in [-0.4, -0.2) is 27.5 Å². The van der Waals surface area contributed by atoms with Crippen LogP contribution in [0.15, 0.2) is 15.9 Å². The van der Waals surface area contributed by atoms with Gasteiger partial charge in [0.05, 0.1) is 21.7 Å². The zero-order chi connectivity index (χ0) is 15.4. The fourth-order valence-corrected chi connectivity index (χ4v) is 3.59. The van der Waals surface area contributed by atoms with Crippen molar-refractivity contribution < 1.29 is 4.79 Å². The van der Waals surface area contributed by atoms with Gasteiger partial charge in [-0.1, -0.05) is 13.3 Å². The van der Waals surface area contributed by atoms with Crippen LogP contribution in [0.1, 0.15) is 41.3 Å². The Labute approximate surface area is 136 Å². The molecule has 7 heteroatoms. The van der Waals surface area contributed by atoms with Crippen molar-refractivity contribution >= 4 is 38.9 Å². The molecule has 2 aromatic heterocycles. The lowest BCUT2D eigenvalue weighted by Gasteiger charge is -2.19. The minimum atomic E-state index is -0.127. The number of anilines is 1. The topological polar surface area (TPSA) is 75.0 Å². The highest BCUT2D eigenvalue weighted by Crippen LogP contribution is 2.24. The number of carbonyl (C=O) groups is 1. The molecule has 0 aliphatic carbocycles. The predicted molar refractivity (Wildman–Crippen MR) is 89.4 cm³/mol. The van der Waals surface area contributed by atoms with E-state index in [2.05, 4.69) is 33.1 Å². The second kappa shape index (κ2) is 7.09. The number of carbonyl (C=O) groups excluding carboxylic acids is 1. The molecular formula is C14H19BrN4OS. The van der Waals surface area contributed by atoms with Crippen molar-refractivity contribution in [3.05, 3.63) is 32.2 Å². The molecule has 0 bridgehead atoms. The molecule has 2 aromatic rings. The number of aromatic amines is 1. The first-order valence-electron chi connectivity index (χ1n) is 6.93. The molecular weight excluding hydrogens is 352 g/mol. The van der Waals surface area contributed by atoms with Gasteiger partial charge in [0, 0.05) is 11.4 Å². The number of nitrogens with one attached hydrogen (secondary N) is 1. The molecule has 0 aliphatic rings. The van der Waals surface area contributed by atoms with Gasteiger partial charge in [0.15, 0.2) is 5.69 Å². The molecule has 1 amide bonds. The van der Waals surface area contributed by atoms with E-state index >= 15 is 0 Å². The molecule has 2 heterocycles. The highest BCUT2D eigenvalue weighted by atomic mass is 79.9. The highest BCUT2D eigenvalue weighted by molar-refractivity contribution is 9.11. The Morgan fingerprint density at radius 2 is 2.24 bits per heavy atom. The maximum atomic E-state index is 12.6. The quantitative estimate of drug-likeness (QED) is 0.817. The lowest BCUT2D eigenvalue weighted by Crippen LogP contribution is -2.30. The van der Waals surface area contributed by atoms with E-state index in [1.807, 2.05) is 19.1 Å². The second-order valence-electron chi connectivity index (χ2n) is 4.74. The number of hydrogen-bond acceptors (Lipinski definition) is 4. The van der Waals surface area contributed by atoms with Gasteiger partial charge < -0.3 is 10.6 Å². The molecule has 21 heavy (non-hydrogen) atoms. The van der Waals surface area contributed by atoms with Gasteiger partial charge in [-0.2, -0.15) is 5.10 Å². The number of amides is 1. The molecule has 0 fully saturated rings.